The largest absolute Gasteiger partial charge is 0.324 e. The number of benzene rings is 1. The quantitative estimate of drug-likeness (QED) is 0.804. The second kappa shape index (κ2) is 4.11. The van der Waals surface area contributed by atoms with Crippen molar-refractivity contribution < 1.29 is 0 Å². The maximum atomic E-state index is 6.26. The number of fused-ring (bicyclic) bond motifs is 1. The fourth-order valence-electron chi connectivity index (χ4n) is 3.73. The fourth-order valence-corrected chi connectivity index (χ4v) is 3.73. The minimum Gasteiger partial charge on any atom is -0.324 e. The monoisotopic (exact) mass is 230 g/mol. The molecule has 0 aromatic heterocycles. The summed E-state index contributed by atoms with van der Waals surface area (Å²) in [6.07, 6.45) is 2.42. The Morgan fingerprint density at radius 1 is 1.12 bits per heavy atom. The van der Waals surface area contributed by atoms with E-state index in [1.165, 1.54) is 24.1 Å². The molecule has 2 aliphatic rings. The molecular formula is C15H22N2. The molecule has 3 rings (SSSR count). The Kier molecular flexibility index (Phi) is 2.72. The molecule has 1 aliphatic carbocycles. The van der Waals surface area contributed by atoms with Crippen LogP contribution in [0, 0.1) is 5.92 Å². The predicted octanol–water partition coefficient (Wildman–Crippen LogP) is 2.86. The summed E-state index contributed by atoms with van der Waals surface area (Å²) in [4.78, 5) is 2.66. The summed E-state index contributed by atoms with van der Waals surface area (Å²) in [5, 5.41) is 0. The summed E-state index contributed by atoms with van der Waals surface area (Å²) < 4.78 is 0. The Hall–Kier alpha value is -0.860. The molecule has 0 bridgehead atoms. The van der Waals surface area contributed by atoms with Gasteiger partial charge in [0.05, 0.1) is 0 Å². The zero-order valence-electron chi connectivity index (χ0n) is 10.8. The maximum absolute atomic E-state index is 6.26. The van der Waals surface area contributed by atoms with Crippen LogP contribution in [0.5, 0.6) is 0 Å². The van der Waals surface area contributed by atoms with Crippen molar-refractivity contribution in [2.24, 2.45) is 11.7 Å². The minimum absolute atomic E-state index is 0.235. The van der Waals surface area contributed by atoms with E-state index in [2.05, 4.69) is 43.0 Å². The highest BCUT2D eigenvalue weighted by atomic mass is 15.2. The third-order valence-electron chi connectivity index (χ3n) is 4.46. The Bertz CT molecular complexity index is 415. The van der Waals surface area contributed by atoms with Crippen LogP contribution < -0.4 is 5.73 Å². The van der Waals surface area contributed by atoms with Gasteiger partial charge in [0.15, 0.2) is 0 Å². The van der Waals surface area contributed by atoms with Crippen molar-refractivity contribution in [1.82, 2.24) is 4.90 Å². The zero-order valence-corrected chi connectivity index (χ0v) is 10.8. The molecule has 2 heteroatoms. The summed E-state index contributed by atoms with van der Waals surface area (Å²) in [5.74, 6) is 0.828. The van der Waals surface area contributed by atoms with Crippen molar-refractivity contribution in [2.75, 3.05) is 6.54 Å². The summed E-state index contributed by atoms with van der Waals surface area (Å²) in [6, 6.07) is 10.2. The lowest BCUT2D eigenvalue weighted by atomic mass is 10.1. The van der Waals surface area contributed by atoms with Gasteiger partial charge in [0.1, 0.15) is 0 Å². The Morgan fingerprint density at radius 2 is 1.82 bits per heavy atom. The number of nitrogens with zero attached hydrogens (tertiary/aromatic N) is 1. The summed E-state index contributed by atoms with van der Waals surface area (Å²) in [7, 11) is 0. The van der Waals surface area contributed by atoms with Gasteiger partial charge < -0.3 is 5.73 Å². The lowest BCUT2D eigenvalue weighted by Crippen LogP contribution is -2.31. The van der Waals surface area contributed by atoms with Crippen molar-refractivity contribution in [1.29, 1.82) is 0 Å². The first-order valence-electron chi connectivity index (χ1n) is 6.77. The molecule has 1 fully saturated rings. The standard InChI is InChI=1S/C15H22N2/c1-10-7-11(2)17(9-10)15-8-14(16)12-5-3-4-6-13(12)15/h3-6,10-11,14-15H,7-9,16H2,1-2H3. The van der Waals surface area contributed by atoms with Crippen LogP contribution in [0.4, 0.5) is 0 Å². The van der Waals surface area contributed by atoms with Gasteiger partial charge in [-0.15, -0.1) is 0 Å². The lowest BCUT2D eigenvalue weighted by Gasteiger charge is -2.29. The molecule has 0 saturated carbocycles. The van der Waals surface area contributed by atoms with E-state index in [4.69, 9.17) is 5.73 Å². The highest BCUT2D eigenvalue weighted by Gasteiger charge is 2.38. The molecule has 17 heavy (non-hydrogen) atoms. The average Bonchev–Trinajstić information content (AvgIpc) is 2.80. The normalized spacial score (nSPS) is 37.4. The molecule has 0 spiro atoms. The molecule has 0 amide bonds. The molecule has 1 saturated heterocycles. The third-order valence-corrected chi connectivity index (χ3v) is 4.46. The van der Waals surface area contributed by atoms with Gasteiger partial charge in [-0.05, 0) is 36.8 Å². The third kappa shape index (κ3) is 1.80. The highest BCUT2D eigenvalue weighted by molar-refractivity contribution is 5.37. The molecule has 2 N–H and O–H groups in total. The van der Waals surface area contributed by atoms with Crippen molar-refractivity contribution in [3.05, 3.63) is 35.4 Å². The van der Waals surface area contributed by atoms with Gasteiger partial charge >= 0.3 is 0 Å². The molecule has 1 aromatic carbocycles. The number of rotatable bonds is 1. The second-order valence-corrected chi connectivity index (χ2v) is 5.87. The van der Waals surface area contributed by atoms with E-state index in [0.717, 1.165) is 12.3 Å². The van der Waals surface area contributed by atoms with Crippen LogP contribution in [-0.4, -0.2) is 17.5 Å². The van der Waals surface area contributed by atoms with Crippen molar-refractivity contribution in [3.63, 3.8) is 0 Å². The average molecular weight is 230 g/mol. The van der Waals surface area contributed by atoms with Crippen LogP contribution in [0.1, 0.15) is 49.9 Å². The van der Waals surface area contributed by atoms with Gasteiger partial charge in [0.2, 0.25) is 0 Å². The zero-order chi connectivity index (χ0) is 12.0. The van der Waals surface area contributed by atoms with E-state index < -0.39 is 0 Å². The SMILES string of the molecule is CC1CC(C)N(C2CC(N)c3ccccc32)C1. The van der Waals surface area contributed by atoms with Crippen LogP contribution in [-0.2, 0) is 0 Å². The van der Waals surface area contributed by atoms with Crippen molar-refractivity contribution in [2.45, 2.75) is 44.8 Å². The molecule has 1 aliphatic heterocycles. The summed E-state index contributed by atoms with van der Waals surface area (Å²) >= 11 is 0. The fraction of sp³-hybridized carbons (Fsp3) is 0.600. The van der Waals surface area contributed by atoms with E-state index >= 15 is 0 Å². The van der Waals surface area contributed by atoms with Crippen LogP contribution in [0.2, 0.25) is 0 Å². The van der Waals surface area contributed by atoms with Gasteiger partial charge in [0.25, 0.3) is 0 Å². The van der Waals surface area contributed by atoms with Crippen LogP contribution in [0.15, 0.2) is 24.3 Å². The topological polar surface area (TPSA) is 29.3 Å². The Labute approximate surface area is 104 Å². The molecule has 1 aromatic rings. The smallest absolute Gasteiger partial charge is 0.0372 e. The van der Waals surface area contributed by atoms with E-state index in [1.54, 1.807) is 0 Å². The molecule has 0 radical (unpaired) electrons. The lowest BCUT2D eigenvalue weighted by molar-refractivity contribution is 0.182. The summed E-state index contributed by atoms with van der Waals surface area (Å²) in [6.45, 7) is 5.94. The number of hydrogen-bond donors (Lipinski definition) is 1. The molecule has 92 valence electrons. The van der Waals surface area contributed by atoms with Crippen LogP contribution in [0.25, 0.3) is 0 Å². The Balaban J connectivity index is 1.91. The van der Waals surface area contributed by atoms with Gasteiger partial charge in [-0.3, -0.25) is 4.90 Å². The highest BCUT2D eigenvalue weighted by Crippen LogP contribution is 2.44. The first-order valence-corrected chi connectivity index (χ1v) is 6.77. The van der Waals surface area contributed by atoms with Crippen molar-refractivity contribution >= 4 is 0 Å². The van der Waals surface area contributed by atoms with E-state index in [1.807, 2.05) is 0 Å². The maximum Gasteiger partial charge on any atom is 0.0372 e. The molecule has 4 unspecified atom stereocenters. The number of likely N-dealkylation sites (tertiary alicyclic amines) is 1. The van der Waals surface area contributed by atoms with E-state index in [0.29, 0.717) is 12.1 Å². The number of hydrogen-bond acceptors (Lipinski definition) is 2. The van der Waals surface area contributed by atoms with E-state index in [9.17, 15) is 0 Å². The predicted molar refractivity (Wildman–Crippen MR) is 70.7 cm³/mol. The first-order chi connectivity index (χ1) is 8.16. The molecule has 4 atom stereocenters. The van der Waals surface area contributed by atoms with Crippen LogP contribution >= 0.6 is 0 Å². The van der Waals surface area contributed by atoms with Crippen LogP contribution in [0.3, 0.4) is 0 Å². The minimum atomic E-state index is 0.235. The summed E-state index contributed by atoms with van der Waals surface area (Å²) in [5.41, 5.74) is 9.10. The molecule has 2 nitrogen and oxygen atoms in total. The van der Waals surface area contributed by atoms with Gasteiger partial charge in [0, 0.05) is 24.7 Å². The number of nitrogens with two attached hydrogens (primary N) is 1. The van der Waals surface area contributed by atoms with Gasteiger partial charge in [-0.25, -0.2) is 0 Å². The Morgan fingerprint density at radius 3 is 2.47 bits per heavy atom. The first kappa shape index (κ1) is 11.2. The molecule has 1 heterocycles. The van der Waals surface area contributed by atoms with E-state index in [-0.39, 0.29) is 6.04 Å². The van der Waals surface area contributed by atoms with Gasteiger partial charge in [-0.2, -0.15) is 0 Å². The molecular weight excluding hydrogens is 208 g/mol. The second-order valence-electron chi connectivity index (χ2n) is 5.87. The van der Waals surface area contributed by atoms with Crippen molar-refractivity contribution in [3.8, 4) is 0 Å². The van der Waals surface area contributed by atoms with Gasteiger partial charge in [-0.1, -0.05) is 31.2 Å².